The van der Waals surface area contributed by atoms with E-state index in [0.717, 1.165) is 40.1 Å². The van der Waals surface area contributed by atoms with Crippen molar-refractivity contribution in [2.45, 2.75) is 25.7 Å². The summed E-state index contributed by atoms with van der Waals surface area (Å²) in [5, 5.41) is 6.96. The standard InChI is InChI=1S/C27H28N6O2/c1-17(20-4-3-5-21-22(27(34)28-2)10-11-29-26(20)21)13-30-24-12-23(32-16-33-24)19-8-9-25(31-14-19)35-15-18-6-7-18/h3-5,8-12,14,16-18H,6-7,13,15H2,1-2H3,(H,28,34)(H,30,32,33)/t17-/m1/s1. The summed E-state index contributed by atoms with van der Waals surface area (Å²) in [6.45, 7) is 3.52. The van der Waals surface area contributed by atoms with E-state index < -0.39 is 0 Å². The molecule has 1 aliphatic carbocycles. The molecular formula is C27H28N6O2. The molecule has 5 rings (SSSR count). The third kappa shape index (κ3) is 5.21. The largest absolute Gasteiger partial charge is 0.477 e. The number of ether oxygens (including phenoxy) is 1. The molecule has 2 N–H and O–H groups in total. The number of benzene rings is 1. The van der Waals surface area contributed by atoms with Crippen LogP contribution in [0.1, 0.15) is 41.6 Å². The van der Waals surface area contributed by atoms with E-state index in [4.69, 9.17) is 4.74 Å². The number of carbonyl (C=O) groups is 1. The van der Waals surface area contributed by atoms with Gasteiger partial charge in [0.1, 0.15) is 12.1 Å². The summed E-state index contributed by atoms with van der Waals surface area (Å²) >= 11 is 0. The predicted octanol–water partition coefficient (Wildman–Crippen LogP) is 4.45. The van der Waals surface area contributed by atoms with Crippen molar-refractivity contribution in [1.29, 1.82) is 0 Å². The van der Waals surface area contributed by atoms with E-state index in [9.17, 15) is 4.79 Å². The SMILES string of the molecule is CNC(=O)c1ccnc2c([C@H](C)CNc3cc(-c4ccc(OCC5CC5)nc4)ncn3)cccc12. The lowest BCUT2D eigenvalue weighted by molar-refractivity contribution is 0.0964. The average molecular weight is 469 g/mol. The van der Waals surface area contributed by atoms with Crippen molar-refractivity contribution in [1.82, 2.24) is 25.3 Å². The zero-order valence-corrected chi connectivity index (χ0v) is 19.9. The van der Waals surface area contributed by atoms with Gasteiger partial charge in [0.15, 0.2) is 0 Å². The Hall–Kier alpha value is -4.07. The van der Waals surface area contributed by atoms with Crippen molar-refractivity contribution in [3.8, 4) is 17.1 Å². The molecule has 1 amide bonds. The van der Waals surface area contributed by atoms with Gasteiger partial charge < -0.3 is 15.4 Å². The minimum atomic E-state index is -0.120. The number of amides is 1. The van der Waals surface area contributed by atoms with Crippen LogP contribution in [-0.2, 0) is 0 Å². The fraction of sp³-hybridized carbons (Fsp3) is 0.296. The van der Waals surface area contributed by atoms with Crippen LogP contribution < -0.4 is 15.4 Å². The van der Waals surface area contributed by atoms with Crippen LogP contribution in [0.25, 0.3) is 22.2 Å². The summed E-state index contributed by atoms with van der Waals surface area (Å²) in [7, 11) is 1.63. The molecule has 8 nitrogen and oxygen atoms in total. The van der Waals surface area contributed by atoms with Crippen LogP contribution in [0.2, 0.25) is 0 Å². The summed E-state index contributed by atoms with van der Waals surface area (Å²) in [6, 6.07) is 13.5. The number of rotatable bonds is 9. The van der Waals surface area contributed by atoms with Crippen molar-refractivity contribution in [3.63, 3.8) is 0 Å². The van der Waals surface area contributed by atoms with E-state index in [1.54, 1.807) is 31.8 Å². The van der Waals surface area contributed by atoms with Crippen LogP contribution in [0, 0.1) is 5.92 Å². The fourth-order valence-corrected chi connectivity index (χ4v) is 4.01. The number of hydrogen-bond donors (Lipinski definition) is 2. The molecule has 8 heteroatoms. The van der Waals surface area contributed by atoms with Crippen molar-refractivity contribution in [2.24, 2.45) is 5.92 Å². The molecule has 0 unspecified atom stereocenters. The maximum atomic E-state index is 12.3. The first-order chi connectivity index (χ1) is 17.1. The number of carbonyl (C=O) groups excluding carboxylic acids is 1. The second kappa shape index (κ2) is 10.0. The van der Waals surface area contributed by atoms with Crippen molar-refractivity contribution < 1.29 is 9.53 Å². The Bertz CT molecular complexity index is 1340. The number of para-hydroxylation sites is 1. The summed E-state index contributed by atoms with van der Waals surface area (Å²) in [4.78, 5) is 30.0. The van der Waals surface area contributed by atoms with Gasteiger partial charge in [-0.25, -0.2) is 15.0 Å². The number of nitrogens with zero attached hydrogens (tertiary/aromatic N) is 4. The van der Waals surface area contributed by atoms with Crippen LogP contribution >= 0.6 is 0 Å². The van der Waals surface area contributed by atoms with Gasteiger partial charge in [0.2, 0.25) is 5.88 Å². The van der Waals surface area contributed by atoms with E-state index in [1.807, 2.05) is 30.3 Å². The molecular weight excluding hydrogens is 440 g/mol. The first kappa shape index (κ1) is 22.7. The smallest absolute Gasteiger partial charge is 0.251 e. The number of hydrogen-bond acceptors (Lipinski definition) is 7. The second-order valence-electron chi connectivity index (χ2n) is 8.89. The van der Waals surface area contributed by atoms with Gasteiger partial charge in [0.25, 0.3) is 5.91 Å². The van der Waals surface area contributed by atoms with Crippen molar-refractivity contribution in [2.75, 3.05) is 25.5 Å². The monoisotopic (exact) mass is 468 g/mol. The molecule has 4 aromatic rings. The summed E-state index contributed by atoms with van der Waals surface area (Å²) in [5.74, 6) is 2.08. The number of nitrogens with one attached hydrogen (secondary N) is 2. The number of anilines is 1. The van der Waals surface area contributed by atoms with Gasteiger partial charge in [-0.05, 0) is 36.5 Å². The number of fused-ring (bicyclic) bond motifs is 1. The van der Waals surface area contributed by atoms with Gasteiger partial charge in [-0.3, -0.25) is 9.78 Å². The van der Waals surface area contributed by atoms with Crippen LogP contribution in [0.5, 0.6) is 5.88 Å². The molecule has 35 heavy (non-hydrogen) atoms. The minimum Gasteiger partial charge on any atom is -0.477 e. The topological polar surface area (TPSA) is 102 Å². The van der Waals surface area contributed by atoms with Gasteiger partial charge in [-0.2, -0.15) is 0 Å². The molecule has 1 atom stereocenters. The van der Waals surface area contributed by atoms with E-state index in [-0.39, 0.29) is 11.8 Å². The van der Waals surface area contributed by atoms with Crippen molar-refractivity contribution in [3.05, 3.63) is 72.3 Å². The Labute approximate surface area is 204 Å². The molecule has 1 fully saturated rings. The average Bonchev–Trinajstić information content (AvgIpc) is 3.74. The molecule has 3 aromatic heterocycles. The van der Waals surface area contributed by atoms with E-state index >= 15 is 0 Å². The first-order valence-corrected chi connectivity index (χ1v) is 11.9. The minimum absolute atomic E-state index is 0.120. The Morgan fingerprint density at radius 1 is 1.11 bits per heavy atom. The predicted molar refractivity (Wildman–Crippen MR) is 136 cm³/mol. The maximum Gasteiger partial charge on any atom is 0.251 e. The molecule has 1 aliphatic rings. The molecule has 0 bridgehead atoms. The molecule has 0 aliphatic heterocycles. The third-order valence-electron chi connectivity index (χ3n) is 6.26. The highest BCUT2D eigenvalue weighted by atomic mass is 16.5. The number of aromatic nitrogens is 4. The quantitative estimate of drug-likeness (QED) is 0.374. The third-order valence-corrected chi connectivity index (χ3v) is 6.26. The van der Waals surface area contributed by atoms with E-state index in [0.29, 0.717) is 23.9 Å². The summed E-state index contributed by atoms with van der Waals surface area (Å²) < 4.78 is 5.73. The normalized spacial score (nSPS) is 13.9. The Morgan fingerprint density at radius 2 is 2.00 bits per heavy atom. The molecule has 178 valence electrons. The highest BCUT2D eigenvalue weighted by Crippen LogP contribution is 2.30. The molecule has 1 saturated carbocycles. The zero-order valence-electron chi connectivity index (χ0n) is 19.9. The fourth-order valence-electron chi connectivity index (χ4n) is 4.01. The summed E-state index contributed by atoms with van der Waals surface area (Å²) in [6.07, 6.45) is 7.52. The molecule has 0 spiro atoms. The number of pyridine rings is 2. The molecule has 3 heterocycles. The summed E-state index contributed by atoms with van der Waals surface area (Å²) in [5.41, 5.74) is 4.22. The van der Waals surface area contributed by atoms with Crippen LogP contribution in [0.4, 0.5) is 5.82 Å². The lowest BCUT2D eigenvalue weighted by Crippen LogP contribution is -2.18. The maximum absolute atomic E-state index is 12.3. The lowest BCUT2D eigenvalue weighted by atomic mass is 9.96. The highest BCUT2D eigenvalue weighted by Gasteiger charge is 2.22. The van der Waals surface area contributed by atoms with Crippen LogP contribution in [0.15, 0.2) is 61.2 Å². The Morgan fingerprint density at radius 3 is 2.77 bits per heavy atom. The van der Waals surface area contributed by atoms with Crippen LogP contribution in [-0.4, -0.2) is 46.0 Å². The van der Waals surface area contributed by atoms with Gasteiger partial charge in [-0.1, -0.05) is 25.1 Å². The van der Waals surface area contributed by atoms with Gasteiger partial charge in [0, 0.05) is 55.0 Å². The lowest BCUT2D eigenvalue weighted by Gasteiger charge is -2.16. The Balaban J connectivity index is 1.28. The first-order valence-electron chi connectivity index (χ1n) is 11.9. The molecule has 0 saturated heterocycles. The highest BCUT2D eigenvalue weighted by molar-refractivity contribution is 6.06. The molecule has 1 aromatic carbocycles. The van der Waals surface area contributed by atoms with E-state index in [2.05, 4.69) is 43.6 Å². The zero-order chi connectivity index (χ0) is 24.2. The molecule has 0 radical (unpaired) electrons. The Kier molecular flexibility index (Phi) is 6.52. The van der Waals surface area contributed by atoms with Gasteiger partial charge in [0.05, 0.1) is 23.4 Å². The second-order valence-corrected chi connectivity index (χ2v) is 8.89. The van der Waals surface area contributed by atoms with E-state index in [1.165, 1.54) is 12.8 Å². The van der Waals surface area contributed by atoms with Gasteiger partial charge >= 0.3 is 0 Å². The van der Waals surface area contributed by atoms with Crippen molar-refractivity contribution >= 4 is 22.6 Å². The van der Waals surface area contributed by atoms with Crippen LogP contribution in [0.3, 0.4) is 0 Å². The van der Waals surface area contributed by atoms with Gasteiger partial charge in [-0.15, -0.1) is 0 Å².